The van der Waals surface area contributed by atoms with E-state index < -0.39 is 14.4 Å². The van der Waals surface area contributed by atoms with Crippen molar-refractivity contribution in [1.82, 2.24) is 0 Å². The first-order valence-electron chi connectivity index (χ1n) is 11.3. The topological polar surface area (TPSA) is 55.8 Å². The smallest absolute Gasteiger partial charge is 0.303 e. The van der Waals surface area contributed by atoms with E-state index in [2.05, 4.69) is 63.8 Å². The van der Waals surface area contributed by atoms with Crippen LogP contribution >= 0.6 is 0 Å². The summed E-state index contributed by atoms with van der Waals surface area (Å²) in [6.45, 7) is 12.1. The van der Waals surface area contributed by atoms with Crippen LogP contribution in [0.2, 0.25) is 18.1 Å². The van der Waals surface area contributed by atoms with E-state index >= 15 is 0 Å². The second kappa shape index (κ2) is 13.6. The minimum absolute atomic E-state index is 0.00978. The van der Waals surface area contributed by atoms with Gasteiger partial charge in [0.25, 0.3) is 0 Å². The normalized spacial score (nSPS) is 15.4. The lowest BCUT2D eigenvalue weighted by Crippen LogP contribution is -2.45. The van der Waals surface area contributed by atoms with Crippen molar-refractivity contribution in [3.8, 4) is 11.8 Å². The molecule has 0 unspecified atom stereocenters. The Morgan fingerprint density at radius 3 is 2.23 bits per heavy atom. The molecule has 0 aliphatic carbocycles. The summed E-state index contributed by atoms with van der Waals surface area (Å²) < 4.78 is 11.7. The SMILES string of the molecule is CC[Si](CC)(CC)O[C@H](CCc1ccccc1)[C@H](C)[C@@H](O)[C@@H](C)C#CCOC(C)=O. The molecule has 0 aliphatic heterocycles. The third-order valence-corrected chi connectivity index (χ3v) is 10.9. The first-order valence-corrected chi connectivity index (χ1v) is 13.8. The molecule has 0 saturated carbocycles. The summed E-state index contributed by atoms with van der Waals surface area (Å²) in [5, 5.41) is 11.0. The summed E-state index contributed by atoms with van der Waals surface area (Å²) in [6.07, 6.45) is 1.19. The molecule has 0 heterocycles. The second-order valence-electron chi connectivity index (χ2n) is 8.16. The standard InChI is InChI=1S/C25H40O4Si/c1-7-30(8-2,9-3)29-24(18-17-23-15-11-10-12-16-23)21(5)25(27)20(4)14-13-19-28-22(6)26/h10-12,15-16,20-21,24-25,27H,7-9,17-19H2,1-6H3/t20-,21-,24+,25-/m0/s1. The van der Waals surface area contributed by atoms with Crippen molar-refractivity contribution in [2.45, 2.75) is 84.7 Å². The molecule has 1 aromatic carbocycles. The average Bonchev–Trinajstić information content (AvgIpc) is 2.77. The zero-order valence-electron chi connectivity index (χ0n) is 19.6. The predicted octanol–water partition coefficient (Wildman–Crippen LogP) is 5.21. The molecule has 0 amide bonds. The summed E-state index contributed by atoms with van der Waals surface area (Å²) in [6, 6.07) is 13.7. The molecule has 0 radical (unpaired) electrons. The third kappa shape index (κ3) is 8.63. The second-order valence-corrected chi connectivity index (χ2v) is 12.9. The molecular formula is C25H40O4Si. The number of ether oxygens (including phenoxy) is 1. The van der Waals surface area contributed by atoms with E-state index in [1.807, 2.05) is 13.0 Å². The van der Waals surface area contributed by atoms with Crippen LogP contribution in [0.25, 0.3) is 0 Å². The number of aryl methyl sites for hydroxylation is 1. The molecule has 0 saturated heterocycles. The van der Waals surface area contributed by atoms with Gasteiger partial charge in [-0.25, -0.2) is 0 Å². The molecule has 30 heavy (non-hydrogen) atoms. The molecule has 0 aromatic heterocycles. The van der Waals surface area contributed by atoms with Gasteiger partial charge in [0.15, 0.2) is 14.9 Å². The molecular weight excluding hydrogens is 392 g/mol. The van der Waals surface area contributed by atoms with Crippen molar-refractivity contribution in [2.75, 3.05) is 6.61 Å². The van der Waals surface area contributed by atoms with E-state index in [1.165, 1.54) is 12.5 Å². The number of aliphatic hydroxyl groups is 1. The number of hydrogen-bond donors (Lipinski definition) is 1. The molecule has 4 nitrogen and oxygen atoms in total. The van der Waals surface area contributed by atoms with Gasteiger partial charge in [0, 0.05) is 18.8 Å². The molecule has 0 fully saturated rings. The van der Waals surface area contributed by atoms with E-state index in [9.17, 15) is 9.90 Å². The lowest BCUT2D eigenvalue weighted by molar-refractivity contribution is -0.139. The van der Waals surface area contributed by atoms with E-state index in [-0.39, 0.29) is 30.5 Å². The Morgan fingerprint density at radius 2 is 1.70 bits per heavy atom. The monoisotopic (exact) mass is 432 g/mol. The molecule has 1 N–H and O–H groups in total. The molecule has 1 rings (SSSR count). The number of aliphatic hydroxyl groups excluding tert-OH is 1. The molecule has 0 bridgehead atoms. The van der Waals surface area contributed by atoms with Gasteiger partial charge in [-0.1, -0.05) is 69.9 Å². The lowest BCUT2D eigenvalue weighted by atomic mass is 9.87. The van der Waals surface area contributed by atoms with Crippen LogP contribution in [0.15, 0.2) is 30.3 Å². The predicted molar refractivity (Wildman–Crippen MR) is 126 cm³/mol. The largest absolute Gasteiger partial charge is 0.453 e. The van der Waals surface area contributed by atoms with Crippen LogP contribution in [0.4, 0.5) is 0 Å². The highest BCUT2D eigenvalue weighted by atomic mass is 28.4. The zero-order valence-corrected chi connectivity index (χ0v) is 20.6. The van der Waals surface area contributed by atoms with Crippen LogP contribution in [0.1, 0.15) is 53.5 Å². The summed E-state index contributed by atoms with van der Waals surface area (Å²) in [5.74, 6) is 5.27. The first kappa shape index (κ1) is 26.4. The Hall–Kier alpha value is -1.61. The van der Waals surface area contributed by atoms with E-state index in [1.54, 1.807) is 0 Å². The fourth-order valence-corrected chi connectivity index (χ4v) is 6.78. The highest BCUT2D eigenvalue weighted by Gasteiger charge is 2.36. The van der Waals surface area contributed by atoms with Crippen LogP contribution in [-0.4, -0.2) is 38.2 Å². The van der Waals surface area contributed by atoms with Crippen molar-refractivity contribution in [3.05, 3.63) is 35.9 Å². The fraction of sp³-hybridized carbons (Fsp3) is 0.640. The number of carbonyl (C=O) groups excluding carboxylic acids is 1. The lowest BCUT2D eigenvalue weighted by Gasteiger charge is -2.38. The van der Waals surface area contributed by atoms with Gasteiger partial charge in [-0.3, -0.25) is 4.79 Å². The van der Waals surface area contributed by atoms with Crippen molar-refractivity contribution in [1.29, 1.82) is 0 Å². The first-order chi connectivity index (χ1) is 14.3. The molecule has 0 spiro atoms. The Kier molecular flexibility index (Phi) is 12.0. The van der Waals surface area contributed by atoms with E-state index in [4.69, 9.17) is 9.16 Å². The van der Waals surface area contributed by atoms with Gasteiger partial charge in [0.2, 0.25) is 0 Å². The van der Waals surface area contributed by atoms with Gasteiger partial charge in [0.1, 0.15) is 0 Å². The van der Waals surface area contributed by atoms with Crippen molar-refractivity contribution >= 4 is 14.3 Å². The van der Waals surface area contributed by atoms with E-state index in [0.717, 1.165) is 31.0 Å². The summed E-state index contributed by atoms with van der Waals surface area (Å²) in [4.78, 5) is 10.9. The van der Waals surface area contributed by atoms with Gasteiger partial charge >= 0.3 is 5.97 Å². The number of carbonyl (C=O) groups is 1. The minimum atomic E-state index is -1.81. The van der Waals surface area contributed by atoms with Crippen LogP contribution in [-0.2, 0) is 20.4 Å². The van der Waals surface area contributed by atoms with Gasteiger partial charge in [-0.05, 0) is 43.5 Å². The maximum absolute atomic E-state index is 11.0. The van der Waals surface area contributed by atoms with Crippen LogP contribution in [0.5, 0.6) is 0 Å². The molecule has 4 atom stereocenters. The maximum Gasteiger partial charge on any atom is 0.303 e. The number of rotatable bonds is 12. The van der Waals surface area contributed by atoms with Gasteiger partial charge in [0.05, 0.1) is 12.2 Å². The Labute approximate surface area is 184 Å². The summed E-state index contributed by atoms with van der Waals surface area (Å²) in [5.41, 5.74) is 1.29. The van der Waals surface area contributed by atoms with E-state index in [0.29, 0.717) is 0 Å². The number of hydrogen-bond acceptors (Lipinski definition) is 4. The highest BCUT2D eigenvalue weighted by molar-refractivity contribution is 6.73. The van der Waals surface area contributed by atoms with Crippen LogP contribution in [0, 0.1) is 23.7 Å². The molecule has 1 aromatic rings. The quantitative estimate of drug-likeness (QED) is 0.280. The fourth-order valence-electron chi connectivity index (χ4n) is 3.80. The maximum atomic E-state index is 11.0. The van der Waals surface area contributed by atoms with Gasteiger partial charge < -0.3 is 14.3 Å². The Balaban J connectivity index is 2.92. The van der Waals surface area contributed by atoms with Crippen molar-refractivity contribution in [2.24, 2.45) is 11.8 Å². The van der Waals surface area contributed by atoms with Gasteiger partial charge in [-0.2, -0.15) is 0 Å². The number of esters is 1. The highest BCUT2D eigenvalue weighted by Crippen LogP contribution is 2.30. The molecule has 5 heteroatoms. The summed E-state index contributed by atoms with van der Waals surface area (Å²) in [7, 11) is -1.81. The average molecular weight is 433 g/mol. The molecule has 168 valence electrons. The Morgan fingerprint density at radius 1 is 1.10 bits per heavy atom. The third-order valence-electron chi connectivity index (χ3n) is 6.21. The van der Waals surface area contributed by atoms with Crippen LogP contribution in [0.3, 0.4) is 0 Å². The zero-order chi connectivity index (χ0) is 22.6. The Bertz CT molecular complexity index is 667. The number of benzene rings is 1. The van der Waals surface area contributed by atoms with Crippen molar-refractivity contribution in [3.63, 3.8) is 0 Å². The van der Waals surface area contributed by atoms with Gasteiger partial charge in [-0.15, -0.1) is 0 Å². The van der Waals surface area contributed by atoms with Crippen LogP contribution < -0.4 is 0 Å². The molecule has 0 aliphatic rings. The minimum Gasteiger partial charge on any atom is -0.453 e. The summed E-state index contributed by atoms with van der Waals surface area (Å²) >= 11 is 0. The van der Waals surface area contributed by atoms with Crippen molar-refractivity contribution < 1.29 is 19.1 Å².